The molecule has 4 nitrogen and oxygen atoms in total. The summed E-state index contributed by atoms with van der Waals surface area (Å²) in [5, 5.41) is 15.1. The van der Waals surface area contributed by atoms with E-state index in [0.29, 0.717) is 18.5 Å². The fraction of sp³-hybridized carbons (Fsp3) is 0.350. The third-order valence-corrected chi connectivity index (χ3v) is 4.23. The molecule has 0 saturated carbocycles. The van der Waals surface area contributed by atoms with Crippen LogP contribution in [0.3, 0.4) is 0 Å². The molecule has 0 aliphatic heterocycles. The second-order valence-electron chi connectivity index (χ2n) is 6.73. The van der Waals surface area contributed by atoms with Gasteiger partial charge < -0.3 is 15.7 Å². The zero-order chi connectivity index (χ0) is 19.0. The number of hydrogen-bond donors (Lipinski definition) is 3. The largest absolute Gasteiger partial charge is 0.396 e. The predicted octanol–water partition coefficient (Wildman–Crippen LogP) is 3.05. The van der Waals surface area contributed by atoms with Crippen LogP contribution >= 0.6 is 0 Å². The summed E-state index contributed by atoms with van der Waals surface area (Å²) in [5.41, 5.74) is 0.941. The third-order valence-electron chi connectivity index (χ3n) is 4.23. The Morgan fingerprint density at radius 1 is 1.12 bits per heavy atom. The minimum absolute atomic E-state index is 0.0665. The molecule has 0 aliphatic rings. The van der Waals surface area contributed by atoms with Gasteiger partial charge in [-0.15, -0.1) is 0 Å². The molecule has 0 radical (unpaired) electrons. The molecule has 3 N–H and O–H groups in total. The molecule has 0 bridgehead atoms. The number of urea groups is 1. The quantitative estimate of drug-likeness (QED) is 0.676. The topological polar surface area (TPSA) is 61.4 Å². The highest BCUT2D eigenvalue weighted by molar-refractivity contribution is 5.73. The fourth-order valence-corrected chi connectivity index (χ4v) is 2.65. The van der Waals surface area contributed by atoms with E-state index in [0.717, 1.165) is 11.6 Å². The molecule has 0 spiro atoms. The lowest BCUT2D eigenvalue weighted by molar-refractivity contribution is 0.140. The first-order valence-electron chi connectivity index (χ1n) is 8.52. The Morgan fingerprint density at radius 2 is 1.85 bits per heavy atom. The van der Waals surface area contributed by atoms with Crippen molar-refractivity contribution < 1.29 is 18.7 Å². The van der Waals surface area contributed by atoms with Crippen molar-refractivity contribution >= 4 is 6.03 Å². The van der Waals surface area contributed by atoms with Crippen molar-refractivity contribution in [2.75, 3.05) is 19.7 Å². The van der Waals surface area contributed by atoms with Crippen molar-refractivity contribution in [1.29, 1.82) is 0 Å². The van der Waals surface area contributed by atoms with E-state index in [1.807, 2.05) is 37.3 Å². The van der Waals surface area contributed by atoms with Crippen molar-refractivity contribution in [3.63, 3.8) is 0 Å². The molecule has 26 heavy (non-hydrogen) atoms. The van der Waals surface area contributed by atoms with Gasteiger partial charge in [-0.1, -0.05) is 43.3 Å². The lowest BCUT2D eigenvalue weighted by atomic mass is 9.84. The van der Waals surface area contributed by atoms with Crippen LogP contribution in [0.1, 0.15) is 18.1 Å². The van der Waals surface area contributed by atoms with E-state index in [2.05, 4.69) is 10.6 Å². The molecule has 140 valence electrons. The fourth-order valence-electron chi connectivity index (χ4n) is 2.65. The maximum absolute atomic E-state index is 13.5. The summed E-state index contributed by atoms with van der Waals surface area (Å²) in [4.78, 5) is 11.9. The summed E-state index contributed by atoms with van der Waals surface area (Å²) >= 11 is 0. The van der Waals surface area contributed by atoms with E-state index in [-0.39, 0.29) is 25.6 Å². The number of nitrogens with one attached hydrogen (secondary N) is 2. The maximum atomic E-state index is 13.5. The molecule has 0 heterocycles. The van der Waals surface area contributed by atoms with E-state index >= 15 is 0 Å². The van der Waals surface area contributed by atoms with Gasteiger partial charge in [0.25, 0.3) is 0 Å². The number of carbonyl (C=O) groups is 1. The van der Waals surface area contributed by atoms with Crippen LogP contribution in [-0.4, -0.2) is 30.8 Å². The summed E-state index contributed by atoms with van der Waals surface area (Å²) in [7, 11) is 0. The first-order valence-corrected chi connectivity index (χ1v) is 8.52. The second kappa shape index (κ2) is 9.29. The van der Waals surface area contributed by atoms with Gasteiger partial charge in [0.2, 0.25) is 0 Å². The van der Waals surface area contributed by atoms with Gasteiger partial charge in [-0.25, -0.2) is 13.6 Å². The van der Waals surface area contributed by atoms with Crippen LogP contribution in [0, 0.1) is 17.0 Å². The Balaban J connectivity index is 1.77. The standard InChI is InChI=1S/C20H24F2N2O2/c1-20(14-25,12-15-5-3-2-4-6-15)13-24-19(26)23-10-9-16-7-8-17(21)11-18(16)22/h2-8,11,25H,9-10,12-14H2,1H3,(H2,23,24,26)/t20-/m0/s1. The first-order chi connectivity index (χ1) is 12.4. The molecule has 0 aromatic heterocycles. The number of hydrogen-bond acceptors (Lipinski definition) is 2. The van der Waals surface area contributed by atoms with Crippen LogP contribution in [0.15, 0.2) is 48.5 Å². The van der Waals surface area contributed by atoms with E-state index in [4.69, 9.17) is 0 Å². The van der Waals surface area contributed by atoms with E-state index in [1.165, 1.54) is 12.1 Å². The maximum Gasteiger partial charge on any atom is 0.314 e. The Morgan fingerprint density at radius 3 is 2.50 bits per heavy atom. The highest BCUT2D eigenvalue weighted by Gasteiger charge is 2.24. The van der Waals surface area contributed by atoms with E-state index in [9.17, 15) is 18.7 Å². The predicted molar refractivity (Wildman–Crippen MR) is 96.8 cm³/mol. The SMILES string of the molecule is C[C@@](CO)(CNC(=O)NCCc1ccc(F)cc1F)Cc1ccccc1. The smallest absolute Gasteiger partial charge is 0.314 e. The van der Waals surface area contributed by atoms with Crippen molar-refractivity contribution in [3.8, 4) is 0 Å². The Bertz CT molecular complexity index is 725. The molecule has 6 heteroatoms. The Labute approximate surface area is 152 Å². The van der Waals surface area contributed by atoms with Crippen molar-refractivity contribution in [1.82, 2.24) is 10.6 Å². The van der Waals surface area contributed by atoms with Gasteiger partial charge in [0.05, 0.1) is 6.61 Å². The van der Waals surface area contributed by atoms with Crippen LogP contribution in [0.4, 0.5) is 13.6 Å². The zero-order valence-electron chi connectivity index (χ0n) is 14.8. The number of amides is 2. The highest BCUT2D eigenvalue weighted by Crippen LogP contribution is 2.21. The lowest BCUT2D eigenvalue weighted by Crippen LogP contribution is -2.44. The minimum Gasteiger partial charge on any atom is -0.396 e. The summed E-state index contributed by atoms with van der Waals surface area (Å²) in [6.45, 7) is 2.36. The molecule has 1 atom stereocenters. The summed E-state index contributed by atoms with van der Waals surface area (Å²) in [6.07, 6.45) is 0.895. The third kappa shape index (κ3) is 6.11. The van der Waals surface area contributed by atoms with Crippen LogP contribution in [-0.2, 0) is 12.8 Å². The van der Waals surface area contributed by atoms with Gasteiger partial charge in [-0.05, 0) is 30.0 Å². The first kappa shape index (κ1) is 19.8. The molecule has 2 aromatic rings. The molecule has 0 fully saturated rings. The van der Waals surface area contributed by atoms with Gasteiger partial charge in [-0.3, -0.25) is 0 Å². The second-order valence-corrected chi connectivity index (χ2v) is 6.73. The van der Waals surface area contributed by atoms with Gasteiger partial charge in [-0.2, -0.15) is 0 Å². The number of carbonyl (C=O) groups excluding carboxylic acids is 1. The summed E-state index contributed by atoms with van der Waals surface area (Å²) in [5.74, 6) is -1.25. The monoisotopic (exact) mass is 362 g/mol. The lowest BCUT2D eigenvalue weighted by Gasteiger charge is -2.27. The average Bonchev–Trinajstić information content (AvgIpc) is 2.63. The van der Waals surface area contributed by atoms with Gasteiger partial charge in [0.1, 0.15) is 11.6 Å². The molecule has 0 saturated heterocycles. The van der Waals surface area contributed by atoms with E-state index in [1.54, 1.807) is 0 Å². The Hall–Kier alpha value is -2.47. The molecule has 2 aromatic carbocycles. The van der Waals surface area contributed by atoms with Gasteiger partial charge in [0.15, 0.2) is 0 Å². The number of benzene rings is 2. The van der Waals surface area contributed by atoms with Crippen LogP contribution in [0.2, 0.25) is 0 Å². The van der Waals surface area contributed by atoms with Crippen molar-refractivity contribution in [3.05, 3.63) is 71.3 Å². The minimum atomic E-state index is -0.626. The highest BCUT2D eigenvalue weighted by atomic mass is 19.1. The molecular weight excluding hydrogens is 338 g/mol. The van der Waals surface area contributed by atoms with Gasteiger partial charge >= 0.3 is 6.03 Å². The van der Waals surface area contributed by atoms with Crippen LogP contribution in [0.5, 0.6) is 0 Å². The van der Waals surface area contributed by atoms with Crippen LogP contribution in [0.25, 0.3) is 0 Å². The molecule has 2 rings (SSSR count). The number of aliphatic hydroxyl groups is 1. The average molecular weight is 362 g/mol. The molecule has 0 aliphatic carbocycles. The molecular formula is C20H24F2N2O2. The van der Waals surface area contributed by atoms with Crippen molar-refractivity contribution in [2.45, 2.75) is 19.8 Å². The van der Waals surface area contributed by atoms with Crippen LogP contribution < -0.4 is 10.6 Å². The Kier molecular flexibility index (Phi) is 7.09. The molecule has 0 unspecified atom stereocenters. The normalized spacial score (nSPS) is 13.1. The molecule has 2 amide bonds. The van der Waals surface area contributed by atoms with Crippen molar-refractivity contribution in [2.24, 2.45) is 5.41 Å². The zero-order valence-corrected chi connectivity index (χ0v) is 14.8. The summed E-state index contributed by atoms with van der Waals surface area (Å²) in [6, 6.07) is 12.7. The van der Waals surface area contributed by atoms with E-state index < -0.39 is 17.0 Å². The summed E-state index contributed by atoms with van der Waals surface area (Å²) < 4.78 is 26.4. The number of rotatable bonds is 8. The number of halogens is 2. The number of aliphatic hydroxyl groups excluding tert-OH is 1. The van der Waals surface area contributed by atoms with Gasteiger partial charge in [0, 0.05) is 24.6 Å².